The largest absolute Gasteiger partial charge is 0.481 e. The number of para-hydroxylation sites is 1. The molecule has 0 heterocycles. The number of carbonyl (C=O) groups is 1. The van der Waals surface area contributed by atoms with Crippen molar-refractivity contribution in [1.29, 1.82) is 0 Å². The van der Waals surface area contributed by atoms with E-state index in [0.29, 0.717) is 12.5 Å². The van der Waals surface area contributed by atoms with Crippen LogP contribution in [-0.2, 0) is 11.3 Å². The molecule has 0 aliphatic carbocycles. The van der Waals surface area contributed by atoms with Crippen LogP contribution >= 0.6 is 0 Å². The Kier molecular flexibility index (Phi) is 6.21. The zero-order chi connectivity index (χ0) is 16.7. The van der Waals surface area contributed by atoms with Gasteiger partial charge in [0, 0.05) is 6.54 Å². The van der Waals surface area contributed by atoms with E-state index in [4.69, 9.17) is 4.74 Å². The topological polar surface area (TPSA) is 38.3 Å². The molecule has 0 aliphatic rings. The predicted octanol–water partition coefficient (Wildman–Crippen LogP) is 4.28. The molecule has 0 saturated carbocycles. The Balaban J connectivity index is 1.96. The van der Waals surface area contributed by atoms with Gasteiger partial charge in [0.1, 0.15) is 5.75 Å². The number of carbonyl (C=O) groups excluding carboxylic acids is 1. The summed E-state index contributed by atoms with van der Waals surface area (Å²) in [4.78, 5) is 12.2. The Bertz CT molecular complexity index is 625. The van der Waals surface area contributed by atoms with Crippen LogP contribution in [0.4, 0.5) is 0 Å². The van der Waals surface area contributed by atoms with E-state index in [-0.39, 0.29) is 5.91 Å². The molecule has 0 aromatic heterocycles. The fourth-order valence-corrected chi connectivity index (χ4v) is 2.39. The van der Waals surface area contributed by atoms with E-state index >= 15 is 0 Å². The van der Waals surface area contributed by atoms with Gasteiger partial charge in [-0.25, -0.2) is 0 Å². The molecule has 0 spiro atoms. The number of rotatable bonds is 7. The zero-order valence-electron chi connectivity index (χ0n) is 14.1. The van der Waals surface area contributed by atoms with Crippen LogP contribution in [0.2, 0.25) is 0 Å². The molecule has 0 radical (unpaired) electrons. The highest BCUT2D eigenvalue weighted by molar-refractivity contribution is 5.80. The minimum Gasteiger partial charge on any atom is -0.481 e. The molecular weight excluding hydrogens is 286 g/mol. The number of benzene rings is 2. The fourth-order valence-electron chi connectivity index (χ4n) is 2.39. The van der Waals surface area contributed by atoms with Gasteiger partial charge in [0.2, 0.25) is 0 Å². The van der Waals surface area contributed by atoms with Gasteiger partial charge in [-0.3, -0.25) is 4.79 Å². The molecule has 1 amide bonds. The molecule has 23 heavy (non-hydrogen) atoms. The van der Waals surface area contributed by atoms with E-state index in [1.807, 2.05) is 48.5 Å². The Morgan fingerprint density at radius 2 is 1.70 bits per heavy atom. The van der Waals surface area contributed by atoms with Gasteiger partial charge in [-0.05, 0) is 36.5 Å². The minimum absolute atomic E-state index is 0.104. The SMILES string of the molecule is CCC(C)c1ccccc1OC(C)C(=O)NCc1ccccc1. The highest BCUT2D eigenvalue weighted by Crippen LogP contribution is 2.29. The van der Waals surface area contributed by atoms with E-state index in [2.05, 4.69) is 25.2 Å². The molecule has 3 heteroatoms. The molecule has 2 aromatic carbocycles. The minimum atomic E-state index is -0.524. The molecule has 0 aliphatic heterocycles. The number of nitrogens with one attached hydrogen (secondary N) is 1. The van der Waals surface area contributed by atoms with Crippen molar-refractivity contribution in [2.75, 3.05) is 0 Å². The van der Waals surface area contributed by atoms with Gasteiger partial charge in [0.25, 0.3) is 5.91 Å². The van der Waals surface area contributed by atoms with Crippen LogP contribution in [0.15, 0.2) is 54.6 Å². The van der Waals surface area contributed by atoms with Gasteiger partial charge < -0.3 is 10.1 Å². The summed E-state index contributed by atoms with van der Waals surface area (Å²) < 4.78 is 5.91. The molecule has 0 bridgehead atoms. The van der Waals surface area contributed by atoms with Crippen LogP contribution in [-0.4, -0.2) is 12.0 Å². The maximum absolute atomic E-state index is 12.2. The molecule has 0 saturated heterocycles. The van der Waals surface area contributed by atoms with Crippen LogP contribution in [0, 0.1) is 0 Å². The lowest BCUT2D eigenvalue weighted by Crippen LogP contribution is -2.36. The lowest BCUT2D eigenvalue weighted by atomic mass is 9.98. The number of amides is 1. The third-order valence-electron chi connectivity index (χ3n) is 4.04. The summed E-state index contributed by atoms with van der Waals surface area (Å²) in [5, 5.41) is 2.92. The summed E-state index contributed by atoms with van der Waals surface area (Å²) in [7, 11) is 0. The average molecular weight is 311 g/mol. The number of hydrogen-bond acceptors (Lipinski definition) is 2. The highest BCUT2D eigenvalue weighted by atomic mass is 16.5. The average Bonchev–Trinajstić information content (AvgIpc) is 2.60. The molecule has 122 valence electrons. The molecular formula is C20H25NO2. The second kappa shape index (κ2) is 8.37. The van der Waals surface area contributed by atoms with E-state index in [1.165, 1.54) is 0 Å². The predicted molar refractivity (Wildman–Crippen MR) is 93.5 cm³/mol. The van der Waals surface area contributed by atoms with Crippen LogP contribution in [0.1, 0.15) is 44.2 Å². The number of hydrogen-bond donors (Lipinski definition) is 1. The molecule has 0 fully saturated rings. The second-order valence-corrected chi connectivity index (χ2v) is 5.81. The third kappa shape index (κ3) is 4.85. The van der Waals surface area contributed by atoms with Gasteiger partial charge in [-0.2, -0.15) is 0 Å². The first-order valence-corrected chi connectivity index (χ1v) is 8.19. The quantitative estimate of drug-likeness (QED) is 0.828. The monoisotopic (exact) mass is 311 g/mol. The molecule has 2 aromatic rings. The summed E-state index contributed by atoms with van der Waals surface area (Å²) in [6, 6.07) is 17.8. The Morgan fingerprint density at radius 1 is 1.04 bits per heavy atom. The molecule has 2 atom stereocenters. The third-order valence-corrected chi connectivity index (χ3v) is 4.04. The summed E-state index contributed by atoms with van der Waals surface area (Å²) >= 11 is 0. The van der Waals surface area contributed by atoms with Crippen molar-refractivity contribution in [2.45, 2.75) is 45.8 Å². The molecule has 1 N–H and O–H groups in total. The maximum atomic E-state index is 12.2. The van der Waals surface area contributed by atoms with Crippen molar-refractivity contribution in [3.8, 4) is 5.75 Å². The first-order chi connectivity index (χ1) is 11.1. The van der Waals surface area contributed by atoms with E-state index in [1.54, 1.807) is 6.92 Å². The first kappa shape index (κ1) is 17.1. The Morgan fingerprint density at radius 3 is 2.39 bits per heavy atom. The second-order valence-electron chi connectivity index (χ2n) is 5.81. The van der Waals surface area contributed by atoms with E-state index in [0.717, 1.165) is 23.3 Å². The smallest absolute Gasteiger partial charge is 0.261 e. The standard InChI is InChI=1S/C20H25NO2/c1-4-15(2)18-12-8-9-13-19(18)23-16(3)20(22)21-14-17-10-6-5-7-11-17/h5-13,15-16H,4,14H2,1-3H3,(H,21,22). The molecule has 2 rings (SSSR count). The van der Waals surface area contributed by atoms with E-state index < -0.39 is 6.10 Å². The van der Waals surface area contributed by atoms with Crippen molar-refractivity contribution in [2.24, 2.45) is 0 Å². The van der Waals surface area contributed by atoms with Gasteiger partial charge in [0.15, 0.2) is 6.10 Å². The Hall–Kier alpha value is -2.29. The van der Waals surface area contributed by atoms with Gasteiger partial charge in [0.05, 0.1) is 0 Å². The van der Waals surface area contributed by atoms with Crippen molar-refractivity contribution < 1.29 is 9.53 Å². The molecule has 3 nitrogen and oxygen atoms in total. The van der Waals surface area contributed by atoms with Crippen LogP contribution < -0.4 is 10.1 Å². The first-order valence-electron chi connectivity index (χ1n) is 8.19. The van der Waals surface area contributed by atoms with Crippen molar-refractivity contribution in [3.05, 3.63) is 65.7 Å². The van der Waals surface area contributed by atoms with Crippen LogP contribution in [0.3, 0.4) is 0 Å². The highest BCUT2D eigenvalue weighted by Gasteiger charge is 2.17. The zero-order valence-corrected chi connectivity index (χ0v) is 14.1. The van der Waals surface area contributed by atoms with Gasteiger partial charge >= 0.3 is 0 Å². The summed E-state index contributed by atoms with van der Waals surface area (Å²) in [5.41, 5.74) is 2.23. The van der Waals surface area contributed by atoms with Crippen LogP contribution in [0.25, 0.3) is 0 Å². The maximum Gasteiger partial charge on any atom is 0.261 e. The van der Waals surface area contributed by atoms with Crippen molar-refractivity contribution >= 4 is 5.91 Å². The summed E-state index contributed by atoms with van der Waals surface area (Å²) in [6.45, 7) is 6.62. The van der Waals surface area contributed by atoms with Crippen LogP contribution in [0.5, 0.6) is 5.75 Å². The summed E-state index contributed by atoms with van der Waals surface area (Å²) in [5.74, 6) is 1.10. The molecule has 2 unspecified atom stereocenters. The van der Waals surface area contributed by atoms with Crippen molar-refractivity contribution in [3.63, 3.8) is 0 Å². The number of ether oxygens (including phenoxy) is 1. The fraction of sp³-hybridized carbons (Fsp3) is 0.350. The van der Waals surface area contributed by atoms with Gasteiger partial charge in [-0.1, -0.05) is 62.4 Å². The summed E-state index contributed by atoms with van der Waals surface area (Å²) in [6.07, 6.45) is 0.513. The van der Waals surface area contributed by atoms with E-state index in [9.17, 15) is 4.79 Å². The Labute approximate surface area is 138 Å². The normalized spacial score (nSPS) is 13.2. The van der Waals surface area contributed by atoms with Crippen molar-refractivity contribution in [1.82, 2.24) is 5.32 Å². The van der Waals surface area contributed by atoms with Gasteiger partial charge in [-0.15, -0.1) is 0 Å². The lowest BCUT2D eigenvalue weighted by Gasteiger charge is -2.19. The lowest BCUT2D eigenvalue weighted by molar-refractivity contribution is -0.127.